The van der Waals surface area contributed by atoms with Gasteiger partial charge in [-0.2, -0.15) is 0 Å². The zero-order chi connectivity index (χ0) is 41.0. The molecule has 9 heteroatoms. The number of rotatable bonds is 5. The summed E-state index contributed by atoms with van der Waals surface area (Å²) in [4.78, 5) is 0. The molecule has 3 aliphatic rings. The van der Waals surface area contributed by atoms with Crippen LogP contribution in [0.25, 0.3) is 21.9 Å². The Bertz CT molecular complexity index is 2050. The highest BCUT2D eigenvalue weighted by atomic mass is 31.1. The fraction of sp³-hybridized carbons (Fsp3) is 0.617. The van der Waals surface area contributed by atoms with E-state index in [9.17, 15) is 0 Å². The van der Waals surface area contributed by atoms with Gasteiger partial charge in [0.1, 0.15) is 35.1 Å². The van der Waals surface area contributed by atoms with Crippen LogP contribution in [0.2, 0.25) is 0 Å². The molecule has 0 radical (unpaired) electrons. The Morgan fingerprint density at radius 1 is 0.625 bits per heavy atom. The highest BCUT2D eigenvalue weighted by Gasteiger charge is 2.68. The summed E-state index contributed by atoms with van der Waals surface area (Å²) in [5, 5.41) is 2.01. The van der Waals surface area contributed by atoms with Crippen LogP contribution in [0.15, 0.2) is 63.0 Å². The Labute approximate surface area is 335 Å². The zero-order valence-corrected chi connectivity index (χ0v) is 37.5. The van der Waals surface area contributed by atoms with Gasteiger partial charge in [-0.05, 0) is 78.2 Å². The number of fused-ring (bicyclic) bond motifs is 4. The molecular weight excluding hydrogens is 723 g/mol. The van der Waals surface area contributed by atoms with Crippen molar-refractivity contribution in [3.05, 3.63) is 82.4 Å². The van der Waals surface area contributed by atoms with Crippen LogP contribution in [0.1, 0.15) is 139 Å². The molecule has 0 N–H and O–H groups in total. The Balaban J connectivity index is 1.60. The summed E-state index contributed by atoms with van der Waals surface area (Å²) in [6.45, 7) is 35.1. The lowest BCUT2D eigenvalue weighted by molar-refractivity contribution is -0.241. The molecule has 8 nitrogen and oxygen atoms in total. The Morgan fingerprint density at radius 2 is 1.14 bits per heavy atom. The molecule has 0 amide bonds. The van der Waals surface area contributed by atoms with Crippen LogP contribution in [0.4, 0.5) is 0 Å². The Kier molecular flexibility index (Phi) is 10.1. The van der Waals surface area contributed by atoms with Gasteiger partial charge in [0.2, 0.25) is 0 Å². The highest BCUT2D eigenvalue weighted by Crippen LogP contribution is 2.53. The minimum absolute atomic E-state index is 0.120. The lowest BCUT2D eigenvalue weighted by atomic mass is 9.77. The van der Waals surface area contributed by atoms with Gasteiger partial charge in [0.15, 0.2) is 17.9 Å². The van der Waals surface area contributed by atoms with E-state index in [0.29, 0.717) is 13.0 Å². The standard InChI is InChI=1S/C47H65O8P/c1-41(2,3)29-22-31-32-23-30(42(4,5)6)25-34(44(10,11)12)37(32)54-56(53-36(31)33(24-29)43(7,8)9)55-47(26-28-20-18-17-19-21-28)38(35-27-48-45(13,14)50-35)49-40-39(47)51-46(15,16)52-40/h17-25,35,38-40H,26-27H2,1-16H3/t35-,38-,39+,40-,47-/m1/s1. The van der Waals surface area contributed by atoms with Crippen molar-refractivity contribution in [2.75, 3.05) is 6.61 Å². The SMILES string of the molecule is CC1(C)OC[C@H]([C@H]2O[C@@H]3OC(C)(C)O[C@@H]3[C@]2(Cc2ccccc2)Op2oc3c(C(C)(C)C)cc(C(C)(C)C)cc3c3cc(C(C)(C)C)cc(C(C)(C)C)c3o2)O1. The van der Waals surface area contributed by atoms with Crippen molar-refractivity contribution in [2.24, 2.45) is 0 Å². The second kappa shape index (κ2) is 13.7. The molecule has 0 saturated carbocycles. The maximum absolute atomic E-state index is 7.62. The highest BCUT2D eigenvalue weighted by molar-refractivity contribution is 7.31. The molecule has 0 aliphatic carbocycles. The molecule has 3 aromatic carbocycles. The molecule has 5 atom stereocenters. The third-order valence-corrected chi connectivity index (χ3v) is 12.5. The van der Waals surface area contributed by atoms with Gasteiger partial charge >= 0.3 is 8.24 Å². The minimum atomic E-state index is -2.16. The molecule has 3 saturated heterocycles. The fourth-order valence-electron chi connectivity index (χ4n) is 8.28. The maximum Gasteiger partial charge on any atom is 0.388 e. The predicted octanol–water partition coefficient (Wildman–Crippen LogP) is 11.9. The van der Waals surface area contributed by atoms with E-state index in [2.05, 4.69) is 119 Å². The summed E-state index contributed by atoms with van der Waals surface area (Å²) in [6, 6.07) is 19.6. The van der Waals surface area contributed by atoms with E-state index in [1.54, 1.807) is 0 Å². The van der Waals surface area contributed by atoms with E-state index in [1.807, 2.05) is 45.9 Å². The number of ether oxygens (including phenoxy) is 5. The molecular formula is C47H65O8P. The Morgan fingerprint density at radius 3 is 1.59 bits per heavy atom. The summed E-state index contributed by atoms with van der Waals surface area (Å²) >= 11 is 0. The first-order valence-corrected chi connectivity index (χ1v) is 21.4. The quantitative estimate of drug-likeness (QED) is 0.198. The molecule has 4 heterocycles. The molecule has 0 spiro atoms. The van der Waals surface area contributed by atoms with Gasteiger partial charge in [-0.3, -0.25) is 4.52 Å². The molecule has 306 valence electrons. The van der Waals surface area contributed by atoms with Crippen molar-refractivity contribution < 1.29 is 36.6 Å². The van der Waals surface area contributed by atoms with Crippen molar-refractivity contribution in [3.63, 3.8) is 0 Å². The predicted molar refractivity (Wildman–Crippen MR) is 224 cm³/mol. The van der Waals surface area contributed by atoms with Crippen molar-refractivity contribution >= 4 is 30.2 Å². The van der Waals surface area contributed by atoms with E-state index in [-0.39, 0.29) is 21.7 Å². The normalized spacial score (nSPS) is 26.6. The third kappa shape index (κ3) is 7.89. The van der Waals surface area contributed by atoms with E-state index < -0.39 is 50.0 Å². The van der Waals surface area contributed by atoms with Crippen LogP contribution in [0.3, 0.4) is 0 Å². The molecule has 3 aliphatic heterocycles. The number of hydrogen-bond donors (Lipinski definition) is 0. The molecule has 7 rings (SSSR count). The second-order valence-corrected chi connectivity index (χ2v) is 22.3. The number of hydrogen-bond acceptors (Lipinski definition) is 8. The smallest absolute Gasteiger partial charge is 0.388 e. The third-order valence-electron chi connectivity index (χ3n) is 11.4. The average Bonchev–Trinajstić information content (AvgIpc) is 3.62. The second-order valence-electron chi connectivity index (χ2n) is 21.3. The van der Waals surface area contributed by atoms with E-state index in [4.69, 9.17) is 36.6 Å². The molecule has 1 aromatic heterocycles. The lowest BCUT2D eigenvalue weighted by Gasteiger charge is -2.38. The summed E-state index contributed by atoms with van der Waals surface area (Å²) in [5.41, 5.74) is 5.28. The molecule has 3 fully saturated rings. The first kappa shape index (κ1) is 41.5. The molecule has 4 aromatic rings. The van der Waals surface area contributed by atoms with Crippen molar-refractivity contribution in [1.29, 1.82) is 0 Å². The average molecular weight is 789 g/mol. The van der Waals surface area contributed by atoms with Crippen molar-refractivity contribution in [3.8, 4) is 0 Å². The minimum Gasteiger partial charge on any atom is -0.399 e. The van der Waals surface area contributed by atoms with Gasteiger partial charge in [0.25, 0.3) is 0 Å². The number of benzene rings is 3. The van der Waals surface area contributed by atoms with Gasteiger partial charge in [-0.1, -0.05) is 126 Å². The van der Waals surface area contributed by atoms with E-state index in [0.717, 1.165) is 38.6 Å². The summed E-state index contributed by atoms with van der Waals surface area (Å²) in [5.74, 6) is -1.72. The van der Waals surface area contributed by atoms with Crippen LogP contribution in [0, 0.1) is 0 Å². The van der Waals surface area contributed by atoms with Gasteiger partial charge in [0.05, 0.1) is 6.61 Å². The fourth-order valence-corrected chi connectivity index (χ4v) is 9.63. The van der Waals surface area contributed by atoms with Gasteiger partial charge < -0.3 is 32.1 Å². The zero-order valence-electron chi connectivity index (χ0n) is 36.6. The van der Waals surface area contributed by atoms with E-state index in [1.165, 1.54) is 11.1 Å². The Hall–Kier alpha value is -2.68. The maximum atomic E-state index is 7.62. The van der Waals surface area contributed by atoms with Crippen LogP contribution in [-0.2, 0) is 51.8 Å². The van der Waals surface area contributed by atoms with Crippen molar-refractivity contribution in [1.82, 2.24) is 0 Å². The summed E-state index contributed by atoms with van der Waals surface area (Å²) in [7, 11) is -2.16. The van der Waals surface area contributed by atoms with Crippen molar-refractivity contribution in [2.45, 2.75) is 181 Å². The summed E-state index contributed by atoms with van der Waals surface area (Å²) < 4.78 is 55.2. The molecule has 0 unspecified atom stereocenters. The first-order valence-electron chi connectivity index (χ1n) is 20.3. The van der Waals surface area contributed by atoms with Crippen LogP contribution < -0.4 is 4.52 Å². The molecule has 56 heavy (non-hydrogen) atoms. The van der Waals surface area contributed by atoms with Gasteiger partial charge in [0, 0.05) is 28.3 Å². The van der Waals surface area contributed by atoms with Crippen LogP contribution in [-0.4, -0.2) is 48.4 Å². The lowest BCUT2D eigenvalue weighted by Crippen LogP contribution is -2.59. The van der Waals surface area contributed by atoms with Crippen LogP contribution in [0.5, 0.6) is 0 Å². The van der Waals surface area contributed by atoms with Gasteiger partial charge in [-0.25, -0.2) is 0 Å². The van der Waals surface area contributed by atoms with Gasteiger partial charge in [-0.15, -0.1) is 0 Å². The van der Waals surface area contributed by atoms with E-state index >= 15 is 0 Å². The topological polar surface area (TPSA) is 81.7 Å². The largest absolute Gasteiger partial charge is 0.399 e. The summed E-state index contributed by atoms with van der Waals surface area (Å²) in [6.07, 6.45) is -2.05. The first-order chi connectivity index (χ1) is 25.7. The van der Waals surface area contributed by atoms with Crippen LogP contribution >= 0.6 is 8.24 Å². The molecule has 0 bridgehead atoms. The monoisotopic (exact) mass is 788 g/mol.